The molecule has 0 bridgehead atoms. The van der Waals surface area contributed by atoms with Crippen LogP contribution in [0.25, 0.3) is 16.5 Å². The molecule has 16 heavy (non-hydrogen) atoms. The molecule has 0 N–H and O–H groups in total. The molecular formula is C12H14BrN3. The molecule has 0 aliphatic heterocycles. The Bertz CT molecular complexity index is 423. The molecule has 1 rings (SSSR count). The van der Waals surface area contributed by atoms with Crippen LogP contribution in [0.15, 0.2) is 27.8 Å². The van der Waals surface area contributed by atoms with Crippen molar-refractivity contribution in [3.05, 3.63) is 49.8 Å². The van der Waals surface area contributed by atoms with Gasteiger partial charge in [0.2, 0.25) is 0 Å². The first-order chi connectivity index (χ1) is 7.65. The van der Waals surface area contributed by atoms with Crippen molar-refractivity contribution in [1.29, 1.82) is 0 Å². The minimum Gasteiger partial charge on any atom is -0.0937 e. The summed E-state index contributed by atoms with van der Waals surface area (Å²) in [5.74, 6) is 0. The van der Waals surface area contributed by atoms with Gasteiger partial charge in [0.15, 0.2) is 0 Å². The largest absolute Gasteiger partial charge is 0.0937 e. The zero-order valence-electron chi connectivity index (χ0n) is 9.44. The second-order valence-corrected chi connectivity index (χ2v) is 4.51. The predicted molar refractivity (Wildman–Crippen MR) is 71.3 cm³/mol. The molecule has 0 fully saturated rings. The minimum atomic E-state index is 0.515. The van der Waals surface area contributed by atoms with E-state index in [-0.39, 0.29) is 0 Å². The molecule has 3 nitrogen and oxygen atoms in total. The van der Waals surface area contributed by atoms with E-state index in [1.165, 1.54) is 16.7 Å². The molecule has 4 heteroatoms. The molecule has 0 amide bonds. The van der Waals surface area contributed by atoms with Crippen molar-refractivity contribution >= 4 is 22.0 Å². The Morgan fingerprint density at radius 3 is 2.56 bits per heavy atom. The molecule has 0 spiro atoms. The van der Waals surface area contributed by atoms with Crippen molar-refractivity contribution < 1.29 is 0 Å². The lowest BCUT2D eigenvalue weighted by atomic mass is 10.0. The van der Waals surface area contributed by atoms with E-state index >= 15 is 0 Å². The van der Waals surface area contributed by atoms with Crippen molar-refractivity contribution in [3.63, 3.8) is 0 Å². The van der Waals surface area contributed by atoms with Crippen LogP contribution >= 0.6 is 15.9 Å². The van der Waals surface area contributed by atoms with Gasteiger partial charge in [0.25, 0.3) is 0 Å². The summed E-state index contributed by atoms with van der Waals surface area (Å²) in [5.41, 5.74) is 11.9. The maximum atomic E-state index is 8.13. The van der Waals surface area contributed by atoms with Gasteiger partial charge >= 0.3 is 0 Å². The Balaban J connectivity index is 2.77. The van der Waals surface area contributed by atoms with Crippen molar-refractivity contribution in [1.82, 2.24) is 0 Å². The monoisotopic (exact) mass is 279 g/mol. The molecule has 84 valence electrons. The number of nitrogens with zero attached hydrogens (tertiary/aromatic N) is 3. The zero-order chi connectivity index (χ0) is 12.0. The first-order valence-corrected chi connectivity index (χ1v) is 5.88. The second kappa shape index (κ2) is 6.36. The lowest BCUT2D eigenvalue weighted by Gasteiger charge is -2.06. The SMILES string of the molecule is Cc1cc(Br)cc(C)c1C=CCCN=[N+]=[N-]. The first kappa shape index (κ1) is 12.8. The molecule has 0 aliphatic carbocycles. The Labute approximate surface area is 104 Å². The third kappa shape index (κ3) is 3.72. The summed E-state index contributed by atoms with van der Waals surface area (Å²) in [6.07, 6.45) is 4.90. The summed E-state index contributed by atoms with van der Waals surface area (Å²) in [6, 6.07) is 4.19. The van der Waals surface area contributed by atoms with Crippen LogP contribution in [0.2, 0.25) is 0 Å². The van der Waals surface area contributed by atoms with Crippen LogP contribution < -0.4 is 0 Å². The molecular weight excluding hydrogens is 266 g/mol. The number of hydrogen-bond acceptors (Lipinski definition) is 1. The fourth-order valence-electron chi connectivity index (χ4n) is 1.56. The number of hydrogen-bond donors (Lipinski definition) is 0. The van der Waals surface area contributed by atoms with Crippen LogP contribution in [-0.4, -0.2) is 6.54 Å². The summed E-state index contributed by atoms with van der Waals surface area (Å²) in [5, 5.41) is 3.48. The van der Waals surface area contributed by atoms with Crippen molar-refractivity contribution in [3.8, 4) is 0 Å². The van der Waals surface area contributed by atoms with Gasteiger partial charge in [-0.15, -0.1) is 0 Å². The number of halogens is 1. The van der Waals surface area contributed by atoms with E-state index in [0.29, 0.717) is 6.54 Å². The van der Waals surface area contributed by atoms with Gasteiger partial charge in [0.05, 0.1) is 0 Å². The van der Waals surface area contributed by atoms with E-state index in [4.69, 9.17) is 5.53 Å². The van der Waals surface area contributed by atoms with Gasteiger partial charge in [0.1, 0.15) is 0 Å². The molecule has 0 heterocycles. The van der Waals surface area contributed by atoms with Gasteiger partial charge in [-0.1, -0.05) is 33.2 Å². The Kier molecular flexibility index (Phi) is 5.09. The van der Waals surface area contributed by atoms with Crippen LogP contribution in [0.5, 0.6) is 0 Å². The van der Waals surface area contributed by atoms with Crippen LogP contribution in [0.1, 0.15) is 23.1 Å². The highest BCUT2D eigenvalue weighted by atomic mass is 79.9. The highest BCUT2D eigenvalue weighted by Gasteiger charge is 2.00. The number of rotatable bonds is 4. The minimum absolute atomic E-state index is 0.515. The Morgan fingerprint density at radius 1 is 1.38 bits per heavy atom. The summed E-state index contributed by atoms with van der Waals surface area (Å²) in [6.45, 7) is 4.69. The highest BCUT2D eigenvalue weighted by molar-refractivity contribution is 9.10. The van der Waals surface area contributed by atoms with Gasteiger partial charge in [-0.25, -0.2) is 0 Å². The molecule has 0 aliphatic rings. The highest BCUT2D eigenvalue weighted by Crippen LogP contribution is 2.21. The van der Waals surface area contributed by atoms with E-state index in [1.54, 1.807) is 0 Å². The van der Waals surface area contributed by atoms with E-state index < -0.39 is 0 Å². The fourth-order valence-corrected chi connectivity index (χ4v) is 2.25. The van der Waals surface area contributed by atoms with Crippen molar-refractivity contribution in [2.45, 2.75) is 20.3 Å². The normalized spacial score (nSPS) is 10.4. The molecule has 1 aromatic carbocycles. The number of aryl methyl sites for hydroxylation is 2. The van der Waals surface area contributed by atoms with E-state index in [9.17, 15) is 0 Å². The fraction of sp³-hybridized carbons (Fsp3) is 0.333. The molecule has 0 saturated carbocycles. The summed E-state index contributed by atoms with van der Waals surface area (Å²) in [7, 11) is 0. The molecule has 0 atom stereocenters. The van der Waals surface area contributed by atoms with Gasteiger partial charge in [-0.3, -0.25) is 0 Å². The number of benzene rings is 1. The van der Waals surface area contributed by atoms with Gasteiger partial charge < -0.3 is 0 Å². The average Bonchev–Trinajstić information content (AvgIpc) is 2.20. The second-order valence-electron chi connectivity index (χ2n) is 3.60. The Hall–Kier alpha value is -1.25. The van der Waals surface area contributed by atoms with Gasteiger partial charge in [0, 0.05) is 15.9 Å². The average molecular weight is 280 g/mol. The predicted octanol–water partition coefficient (Wildman–Crippen LogP) is 4.78. The molecule has 0 radical (unpaired) electrons. The third-order valence-corrected chi connectivity index (χ3v) is 2.76. The summed E-state index contributed by atoms with van der Waals surface area (Å²) in [4.78, 5) is 2.71. The number of azide groups is 1. The lowest BCUT2D eigenvalue weighted by Crippen LogP contribution is -1.86. The lowest BCUT2D eigenvalue weighted by molar-refractivity contribution is 0.995. The standard InChI is InChI=1S/C12H14BrN3/c1-9-7-11(13)8-10(2)12(9)5-3-4-6-15-16-14/h3,5,7-8H,4,6H2,1-2H3. The molecule has 0 aromatic heterocycles. The quantitative estimate of drug-likeness (QED) is 0.330. The van der Waals surface area contributed by atoms with Crippen LogP contribution in [0.4, 0.5) is 0 Å². The van der Waals surface area contributed by atoms with E-state index in [1.807, 2.05) is 6.08 Å². The topological polar surface area (TPSA) is 48.8 Å². The van der Waals surface area contributed by atoms with E-state index in [2.05, 4.69) is 58.0 Å². The van der Waals surface area contributed by atoms with Crippen molar-refractivity contribution in [2.24, 2.45) is 5.11 Å². The molecule has 0 unspecified atom stereocenters. The van der Waals surface area contributed by atoms with Crippen molar-refractivity contribution in [2.75, 3.05) is 6.54 Å². The summed E-state index contributed by atoms with van der Waals surface area (Å²) < 4.78 is 1.11. The van der Waals surface area contributed by atoms with E-state index in [0.717, 1.165) is 10.9 Å². The summed E-state index contributed by atoms with van der Waals surface area (Å²) >= 11 is 3.47. The molecule has 0 saturated heterocycles. The Morgan fingerprint density at radius 2 is 2.00 bits per heavy atom. The maximum absolute atomic E-state index is 8.13. The van der Waals surface area contributed by atoms with Gasteiger partial charge in [-0.2, -0.15) is 0 Å². The maximum Gasteiger partial charge on any atom is 0.0292 e. The van der Waals surface area contributed by atoms with Gasteiger partial charge in [-0.05, 0) is 54.6 Å². The first-order valence-electron chi connectivity index (χ1n) is 5.09. The molecule has 1 aromatic rings. The smallest absolute Gasteiger partial charge is 0.0292 e. The van der Waals surface area contributed by atoms with Crippen LogP contribution in [0.3, 0.4) is 0 Å². The van der Waals surface area contributed by atoms with Crippen LogP contribution in [-0.2, 0) is 0 Å². The van der Waals surface area contributed by atoms with Crippen LogP contribution in [0, 0.1) is 13.8 Å². The zero-order valence-corrected chi connectivity index (χ0v) is 11.0. The third-order valence-electron chi connectivity index (χ3n) is 2.30.